The molecule has 9 aromatic rings. The van der Waals surface area contributed by atoms with Crippen LogP contribution in [0.4, 0.5) is 11.4 Å². The zero-order chi connectivity index (χ0) is 33.0. The molecule has 0 saturated carbocycles. The molecule has 1 N–H and O–H groups in total. The topological polar surface area (TPSA) is 12.0 Å². The SMILES string of the molecule is C1=Cc2c(sc3cccc(-c4ccccc4Nc4ccc(-c5c6ccccc6c(-c6ccc7ccccc7c6)c6ccccc56)cc4)c23)CC1. The first-order valence-corrected chi connectivity index (χ1v) is 18.2. The quantitative estimate of drug-likeness (QED) is 0.182. The monoisotopic (exact) mass is 655 g/mol. The minimum Gasteiger partial charge on any atom is -0.355 e. The number of para-hydroxylation sites is 1. The molecular formula is C48H33NS. The highest BCUT2D eigenvalue weighted by Gasteiger charge is 2.19. The van der Waals surface area contributed by atoms with Crippen molar-refractivity contribution in [3.8, 4) is 33.4 Å². The summed E-state index contributed by atoms with van der Waals surface area (Å²) in [5, 5.41) is 12.8. The van der Waals surface area contributed by atoms with Gasteiger partial charge in [-0.1, -0.05) is 140 Å². The lowest BCUT2D eigenvalue weighted by Crippen LogP contribution is -1.95. The zero-order valence-electron chi connectivity index (χ0n) is 27.5. The van der Waals surface area contributed by atoms with Gasteiger partial charge in [-0.25, -0.2) is 0 Å². The number of benzene rings is 8. The number of nitrogens with one attached hydrogen (secondary N) is 1. The smallest absolute Gasteiger partial charge is 0.0464 e. The van der Waals surface area contributed by atoms with Crippen molar-refractivity contribution in [2.75, 3.05) is 5.32 Å². The predicted molar refractivity (Wildman–Crippen MR) is 218 cm³/mol. The van der Waals surface area contributed by atoms with Crippen molar-refractivity contribution in [2.45, 2.75) is 12.8 Å². The maximum Gasteiger partial charge on any atom is 0.0464 e. The van der Waals surface area contributed by atoms with Gasteiger partial charge in [0, 0.05) is 31.9 Å². The van der Waals surface area contributed by atoms with Gasteiger partial charge in [-0.2, -0.15) is 0 Å². The number of hydrogen-bond donors (Lipinski definition) is 1. The molecule has 0 amide bonds. The van der Waals surface area contributed by atoms with Crippen LogP contribution in [0.3, 0.4) is 0 Å². The van der Waals surface area contributed by atoms with Crippen molar-refractivity contribution in [2.24, 2.45) is 0 Å². The Balaban J connectivity index is 1.07. The van der Waals surface area contributed by atoms with Gasteiger partial charge >= 0.3 is 0 Å². The fourth-order valence-corrected chi connectivity index (χ4v) is 9.26. The second-order valence-electron chi connectivity index (χ2n) is 13.2. The Kier molecular flexibility index (Phi) is 6.89. The maximum atomic E-state index is 3.79. The normalized spacial score (nSPS) is 12.6. The van der Waals surface area contributed by atoms with E-state index in [9.17, 15) is 0 Å². The number of thiophene rings is 1. The molecule has 0 unspecified atom stereocenters. The summed E-state index contributed by atoms with van der Waals surface area (Å²) in [6.45, 7) is 0. The largest absolute Gasteiger partial charge is 0.355 e. The summed E-state index contributed by atoms with van der Waals surface area (Å²) in [4.78, 5) is 1.50. The Labute approximate surface area is 295 Å². The van der Waals surface area contributed by atoms with E-state index in [2.05, 4.69) is 175 Å². The summed E-state index contributed by atoms with van der Waals surface area (Å²) in [5.41, 5.74) is 11.1. The van der Waals surface area contributed by atoms with Gasteiger partial charge in [0.1, 0.15) is 0 Å². The van der Waals surface area contributed by atoms with E-state index < -0.39 is 0 Å². The molecule has 2 heteroatoms. The molecule has 0 fully saturated rings. The zero-order valence-corrected chi connectivity index (χ0v) is 28.3. The Morgan fingerprint density at radius 2 is 1.12 bits per heavy atom. The Morgan fingerprint density at radius 1 is 0.500 bits per heavy atom. The van der Waals surface area contributed by atoms with Crippen LogP contribution in [-0.2, 0) is 6.42 Å². The number of rotatable bonds is 5. The van der Waals surface area contributed by atoms with Gasteiger partial charge in [0.25, 0.3) is 0 Å². The lowest BCUT2D eigenvalue weighted by atomic mass is 9.85. The number of hydrogen-bond acceptors (Lipinski definition) is 2. The van der Waals surface area contributed by atoms with Crippen molar-refractivity contribution in [3.63, 3.8) is 0 Å². The summed E-state index contributed by atoms with van der Waals surface area (Å²) in [5.74, 6) is 0. The van der Waals surface area contributed by atoms with Crippen molar-refractivity contribution in [1.29, 1.82) is 0 Å². The van der Waals surface area contributed by atoms with E-state index in [-0.39, 0.29) is 0 Å². The summed E-state index contributed by atoms with van der Waals surface area (Å²) >= 11 is 1.95. The summed E-state index contributed by atoms with van der Waals surface area (Å²) in [7, 11) is 0. The third-order valence-electron chi connectivity index (χ3n) is 10.3. The van der Waals surface area contributed by atoms with Crippen LogP contribution in [0.5, 0.6) is 0 Å². The number of anilines is 2. The molecule has 1 aliphatic rings. The van der Waals surface area contributed by atoms with Gasteiger partial charge in [-0.3, -0.25) is 0 Å². The van der Waals surface area contributed by atoms with Crippen LogP contribution < -0.4 is 5.32 Å². The summed E-state index contributed by atoms with van der Waals surface area (Å²) < 4.78 is 1.37. The van der Waals surface area contributed by atoms with Crippen molar-refractivity contribution in [1.82, 2.24) is 0 Å². The lowest BCUT2D eigenvalue weighted by Gasteiger charge is -2.18. The molecular weight excluding hydrogens is 623 g/mol. The summed E-state index contributed by atoms with van der Waals surface area (Å²) in [6.07, 6.45) is 6.91. The molecule has 236 valence electrons. The van der Waals surface area contributed by atoms with E-state index >= 15 is 0 Å². The van der Waals surface area contributed by atoms with Gasteiger partial charge in [-0.15, -0.1) is 11.3 Å². The van der Waals surface area contributed by atoms with Crippen LogP contribution in [0.15, 0.2) is 164 Å². The van der Waals surface area contributed by atoms with Gasteiger partial charge in [0.05, 0.1) is 0 Å². The highest BCUT2D eigenvalue weighted by molar-refractivity contribution is 7.19. The second-order valence-corrected chi connectivity index (χ2v) is 14.3. The lowest BCUT2D eigenvalue weighted by molar-refractivity contribution is 1.02. The highest BCUT2D eigenvalue weighted by Crippen LogP contribution is 2.46. The van der Waals surface area contributed by atoms with E-state index in [0.717, 1.165) is 24.2 Å². The molecule has 10 rings (SSSR count). The fourth-order valence-electron chi connectivity index (χ4n) is 8.02. The number of aryl methyl sites for hydroxylation is 1. The van der Waals surface area contributed by atoms with E-state index in [1.165, 1.54) is 86.2 Å². The van der Waals surface area contributed by atoms with Crippen LogP contribution in [0, 0.1) is 0 Å². The van der Waals surface area contributed by atoms with E-state index in [1.54, 1.807) is 0 Å². The molecule has 1 heterocycles. The van der Waals surface area contributed by atoms with Crippen LogP contribution in [0.1, 0.15) is 16.9 Å². The molecule has 1 aliphatic carbocycles. The third kappa shape index (κ3) is 4.75. The molecule has 0 spiro atoms. The molecule has 0 aliphatic heterocycles. The molecule has 0 atom stereocenters. The first-order valence-electron chi connectivity index (χ1n) is 17.4. The first kappa shape index (κ1) is 29.0. The molecule has 1 nitrogen and oxygen atoms in total. The Hall–Kier alpha value is -5.96. The first-order chi connectivity index (χ1) is 24.8. The van der Waals surface area contributed by atoms with Crippen LogP contribution in [-0.4, -0.2) is 0 Å². The highest BCUT2D eigenvalue weighted by atomic mass is 32.1. The van der Waals surface area contributed by atoms with Gasteiger partial charge in [0.2, 0.25) is 0 Å². The van der Waals surface area contributed by atoms with Gasteiger partial charge < -0.3 is 5.32 Å². The van der Waals surface area contributed by atoms with Crippen LogP contribution >= 0.6 is 11.3 Å². The molecule has 1 aromatic heterocycles. The Bertz CT molecular complexity index is 2730. The standard InChI is InChI=1S/C48H33NS/c1-2-13-33-30-34(25-24-31(33)12-1)47-40-17-5-3-15-38(40)46(39-16-4-6-18-41(39)47)32-26-28-35(29-27-32)49-43-21-9-7-14-36(43)37-20-11-23-45-48(37)42-19-8-10-22-44(42)50-45/h1-9,11-21,23-30,49H,10,22H2. The molecule has 0 radical (unpaired) electrons. The van der Waals surface area contributed by atoms with Gasteiger partial charge in [-0.05, 0) is 109 Å². The number of allylic oxidation sites excluding steroid dienone is 1. The van der Waals surface area contributed by atoms with E-state index in [4.69, 9.17) is 0 Å². The maximum absolute atomic E-state index is 3.79. The van der Waals surface area contributed by atoms with Crippen molar-refractivity contribution >= 4 is 71.2 Å². The molecule has 8 aromatic carbocycles. The minimum atomic E-state index is 1.07. The average Bonchev–Trinajstić information content (AvgIpc) is 3.57. The van der Waals surface area contributed by atoms with Crippen molar-refractivity contribution in [3.05, 3.63) is 174 Å². The van der Waals surface area contributed by atoms with E-state index in [0.29, 0.717) is 0 Å². The van der Waals surface area contributed by atoms with Crippen LogP contribution in [0.25, 0.3) is 81.9 Å². The van der Waals surface area contributed by atoms with Gasteiger partial charge in [0.15, 0.2) is 0 Å². The predicted octanol–water partition coefficient (Wildman–Crippen LogP) is 14.1. The Morgan fingerprint density at radius 3 is 1.88 bits per heavy atom. The molecule has 50 heavy (non-hydrogen) atoms. The average molecular weight is 656 g/mol. The van der Waals surface area contributed by atoms with Crippen LogP contribution in [0.2, 0.25) is 0 Å². The van der Waals surface area contributed by atoms with E-state index in [1.807, 2.05) is 11.3 Å². The number of fused-ring (bicyclic) bond motifs is 6. The second kappa shape index (κ2) is 11.9. The third-order valence-corrected chi connectivity index (χ3v) is 11.5. The minimum absolute atomic E-state index is 1.07. The fraction of sp³-hybridized carbons (Fsp3) is 0.0417. The molecule has 0 saturated heterocycles. The molecule has 0 bridgehead atoms. The van der Waals surface area contributed by atoms with Crippen molar-refractivity contribution < 1.29 is 0 Å². The summed E-state index contributed by atoms with van der Waals surface area (Å²) in [6, 6.07) is 57.7.